The van der Waals surface area contributed by atoms with Crippen LogP contribution < -0.4 is 0 Å². The topological polar surface area (TPSA) is 47.6 Å². The van der Waals surface area contributed by atoms with Gasteiger partial charge < -0.3 is 0 Å². The summed E-state index contributed by atoms with van der Waals surface area (Å²) in [5.74, 6) is 0. The molecule has 0 spiro atoms. The third-order valence-electron chi connectivity index (χ3n) is 2.82. The van der Waals surface area contributed by atoms with Crippen molar-refractivity contribution in [1.82, 2.24) is 0 Å². The predicted octanol–water partition coefficient (Wildman–Crippen LogP) is 3.66. The highest BCUT2D eigenvalue weighted by Crippen LogP contribution is 2.26. The molecule has 0 N–H and O–H groups in total. The molecular formula is C16H12N2. The molecule has 0 aliphatic heterocycles. The number of nitriles is 2. The predicted molar refractivity (Wildman–Crippen MR) is 71.1 cm³/mol. The molecule has 2 aliphatic carbocycles. The van der Waals surface area contributed by atoms with Crippen LogP contribution in [0, 0.1) is 22.7 Å². The Kier molecular flexibility index (Phi) is 3.13. The zero-order chi connectivity index (χ0) is 13.1. The van der Waals surface area contributed by atoms with Crippen molar-refractivity contribution in [3.05, 3.63) is 69.9 Å². The first kappa shape index (κ1) is 11.9. The van der Waals surface area contributed by atoms with Crippen LogP contribution in [0.4, 0.5) is 0 Å². The van der Waals surface area contributed by atoms with Crippen LogP contribution in [-0.2, 0) is 0 Å². The van der Waals surface area contributed by atoms with E-state index in [0.717, 1.165) is 22.3 Å². The fraction of sp³-hybridized carbons (Fsp3) is 0.125. The van der Waals surface area contributed by atoms with Crippen LogP contribution in [0.15, 0.2) is 69.9 Å². The normalized spacial score (nSPS) is 22.2. The third-order valence-corrected chi connectivity index (χ3v) is 2.82. The highest BCUT2D eigenvalue weighted by atomic mass is 14.3. The lowest BCUT2D eigenvalue weighted by molar-refractivity contribution is 1.47. The summed E-state index contributed by atoms with van der Waals surface area (Å²) in [4.78, 5) is 0. The first-order chi connectivity index (χ1) is 8.63. The van der Waals surface area contributed by atoms with Gasteiger partial charge in [0, 0.05) is 0 Å². The molecule has 0 aromatic heterocycles. The molecule has 0 amide bonds. The number of hydrogen-bond acceptors (Lipinski definition) is 2. The lowest BCUT2D eigenvalue weighted by atomic mass is 10.1. The van der Waals surface area contributed by atoms with Crippen molar-refractivity contribution in [2.75, 3.05) is 0 Å². The second kappa shape index (κ2) is 4.73. The summed E-state index contributed by atoms with van der Waals surface area (Å²) in [6, 6.07) is 4.34. The molecule has 0 radical (unpaired) electrons. The maximum Gasteiger partial charge on any atom is 0.0998 e. The van der Waals surface area contributed by atoms with E-state index in [1.165, 1.54) is 0 Å². The summed E-state index contributed by atoms with van der Waals surface area (Å²) in [6.07, 6.45) is 11.4. The molecule has 0 aromatic carbocycles. The van der Waals surface area contributed by atoms with Gasteiger partial charge in [0.2, 0.25) is 0 Å². The zero-order valence-corrected chi connectivity index (χ0v) is 10.4. The van der Waals surface area contributed by atoms with E-state index >= 15 is 0 Å². The molecule has 2 rings (SSSR count). The molecule has 18 heavy (non-hydrogen) atoms. The maximum atomic E-state index is 9.00. The second-order valence-electron chi connectivity index (χ2n) is 4.36. The molecule has 2 nitrogen and oxygen atoms in total. The molecule has 0 unspecified atom stereocenters. The SMILES string of the molecule is CC1=C/C(=C/C=C2\C=C(C)C=C2C#N)C(C#N)=C1. The van der Waals surface area contributed by atoms with E-state index in [-0.39, 0.29) is 0 Å². The van der Waals surface area contributed by atoms with Gasteiger partial charge in [0.1, 0.15) is 0 Å². The Bertz CT molecular complexity index is 603. The first-order valence-electron chi connectivity index (χ1n) is 5.67. The van der Waals surface area contributed by atoms with Gasteiger partial charge in [0.15, 0.2) is 0 Å². The fourth-order valence-corrected chi connectivity index (χ4v) is 2.00. The molecule has 2 aliphatic rings. The van der Waals surface area contributed by atoms with Crippen molar-refractivity contribution in [3.63, 3.8) is 0 Å². The number of nitrogens with zero attached hydrogens (tertiary/aromatic N) is 2. The molecule has 0 atom stereocenters. The minimum atomic E-state index is 0.672. The fourth-order valence-electron chi connectivity index (χ4n) is 2.00. The zero-order valence-electron chi connectivity index (χ0n) is 10.4. The van der Waals surface area contributed by atoms with Gasteiger partial charge in [-0.25, -0.2) is 0 Å². The maximum absolute atomic E-state index is 9.00. The smallest absolute Gasteiger partial charge is 0.0998 e. The van der Waals surface area contributed by atoms with Crippen molar-refractivity contribution >= 4 is 0 Å². The Balaban J connectivity index is 2.34. The van der Waals surface area contributed by atoms with Gasteiger partial charge in [-0.05, 0) is 48.3 Å². The van der Waals surface area contributed by atoms with Crippen molar-refractivity contribution in [2.24, 2.45) is 0 Å². The van der Waals surface area contributed by atoms with Crippen LogP contribution in [0.2, 0.25) is 0 Å². The molecule has 0 saturated carbocycles. The third kappa shape index (κ3) is 2.24. The van der Waals surface area contributed by atoms with Gasteiger partial charge in [-0.1, -0.05) is 24.3 Å². The van der Waals surface area contributed by atoms with E-state index < -0.39 is 0 Å². The van der Waals surface area contributed by atoms with Crippen molar-refractivity contribution in [2.45, 2.75) is 13.8 Å². The van der Waals surface area contributed by atoms with E-state index in [2.05, 4.69) is 12.1 Å². The summed E-state index contributed by atoms with van der Waals surface area (Å²) in [7, 11) is 0. The highest BCUT2D eigenvalue weighted by molar-refractivity contribution is 5.63. The van der Waals surface area contributed by atoms with Gasteiger partial charge in [-0.15, -0.1) is 0 Å². The summed E-state index contributed by atoms with van der Waals surface area (Å²) in [6.45, 7) is 3.93. The molecule has 0 heterocycles. The summed E-state index contributed by atoms with van der Waals surface area (Å²) in [5, 5.41) is 18.0. The second-order valence-corrected chi connectivity index (χ2v) is 4.36. The monoisotopic (exact) mass is 232 g/mol. The summed E-state index contributed by atoms with van der Waals surface area (Å²) < 4.78 is 0. The van der Waals surface area contributed by atoms with Crippen LogP contribution in [0.5, 0.6) is 0 Å². The Morgan fingerprint density at radius 3 is 1.50 bits per heavy atom. The molecule has 2 heteroatoms. The largest absolute Gasteiger partial charge is 0.192 e. The average Bonchev–Trinajstić information content (AvgIpc) is 2.89. The minimum absolute atomic E-state index is 0.672. The van der Waals surface area contributed by atoms with Crippen LogP contribution in [-0.4, -0.2) is 0 Å². The molecule has 86 valence electrons. The lowest BCUT2D eigenvalue weighted by Crippen LogP contribution is -1.80. The van der Waals surface area contributed by atoms with E-state index in [1.54, 1.807) is 0 Å². The van der Waals surface area contributed by atoms with E-state index in [4.69, 9.17) is 10.5 Å². The van der Waals surface area contributed by atoms with Crippen LogP contribution in [0.25, 0.3) is 0 Å². The molecular weight excluding hydrogens is 220 g/mol. The number of allylic oxidation sites excluding steroid dienone is 12. The van der Waals surface area contributed by atoms with Gasteiger partial charge in [0.05, 0.1) is 23.3 Å². The quantitative estimate of drug-likeness (QED) is 0.692. The van der Waals surface area contributed by atoms with Gasteiger partial charge in [0.25, 0.3) is 0 Å². The number of rotatable bonds is 1. The van der Waals surface area contributed by atoms with Crippen molar-refractivity contribution < 1.29 is 0 Å². The van der Waals surface area contributed by atoms with Crippen LogP contribution in [0.1, 0.15) is 13.8 Å². The molecule has 0 bridgehead atoms. The lowest BCUT2D eigenvalue weighted by Gasteiger charge is -1.94. The van der Waals surface area contributed by atoms with Gasteiger partial charge >= 0.3 is 0 Å². The molecule has 0 saturated heterocycles. The van der Waals surface area contributed by atoms with Crippen molar-refractivity contribution in [3.8, 4) is 12.1 Å². The van der Waals surface area contributed by atoms with Gasteiger partial charge in [-0.3, -0.25) is 0 Å². The Hall–Kier alpha value is -2.58. The first-order valence-corrected chi connectivity index (χ1v) is 5.67. The van der Waals surface area contributed by atoms with E-state index in [9.17, 15) is 0 Å². The number of hydrogen-bond donors (Lipinski definition) is 0. The summed E-state index contributed by atoms with van der Waals surface area (Å²) in [5.41, 5.74) is 5.29. The minimum Gasteiger partial charge on any atom is -0.192 e. The standard InChI is InChI=1S/C16H12N2/c1-11-5-13(15(7-11)9-17)3-4-14-6-12(2)8-16(14)10-18/h3-8H,1-2H3/b13-3-,14-4+. The van der Waals surface area contributed by atoms with E-state index in [0.29, 0.717) is 11.1 Å². The average molecular weight is 232 g/mol. The van der Waals surface area contributed by atoms with Crippen LogP contribution >= 0.6 is 0 Å². The Labute approximate surface area is 107 Å². The highest BCUT2D eigenvalue weighted by Gasteiger charge is 2.10. The molecule has 0 fully saturated rings. The van der Waals surface area contributed by atoms with E-state index in [1.807, 2.05) is 50.3 Å². The molecule has 0 aromatic rings. The van der Waals surface area contributed by atoms with Gasteiger partial charge in [-0.2, -0.15) is 10.5 Å². The van der Waals surface area contributed by atoms with Crippen molar-refractivity contribution in [1.29, 1.82) is 10.5 Å². The summed E-state index contributed by atoms with van der Waals surface area (Å²) >= 11 is 0. The van der Waals surface area contributed by atoms with Crippen LogP contribution in [0.3, 0.4) is 0 Å². The Morgan fingerprint density at radius 1 is 0.778 bits per heavy atom. The Morgan fingerprint density at radius 2 is 1.17 bits per heavy atom.